The zero-order chi connectivity index (χ0) is 19.1. The van der Waals surface area contributed by atoms with E-state index in [1.165, 1.54) is 0 Å². The third kappa shape index (κ3) is 5.57. The molecular weight excluding hydrogens is 398 g/mol. The second-order valence-electron chi connectivity index (χ2n) is 5.87. The molecule has 2 rings (SSSR count). The summed E-state index contributed by atoms with van der Waals surface area (Å²) >= 11 is 3.39. The first-order valence-electron chi connectivity index (χ1n) is 8.09. The summed E-state index contributed by atoms with van der Waals surface area (Å²) < 4.78 is 6.00. The van der Waals surface area contributed by atoms with Crippen molar-refractivity contribution in [3.05, 3.63) is 58.6 Å². The first kappa shape index (κ1) is 19.9. The van der Waals surface area contributed by atoms with Gasteiger partial charge in [-0.1, -0.05) is 34.1 Å². The second kappa shape index (κ2) is 9.35. The van der Waals surface area contributed by atoms with Gasteiger partial charge in [0.25, 0.3) is 0 Å². The van der Waals surface area contributed by atoms with Crippen molar-refractivity contribution in [3.8, 4) is 5.75 Å². The van der Waals surface area contributed by atoms with Crippen LogP contribution in [0.4, 0.5) is 5.69 Å². The van der Waals surface area contributed by atoms with E-state index in [1.807, 2.05) is 24.3 Å². The Bertz CT molecular complexity index is 782. The van der Waals surface area contributed by atoms with Crippen LogP contribution in [-0.2, 0) is 9.59 Å². The molecule has 0 aliphatic heterocycles. The molecule has 2 amide bonds. The predicted octanol–water partition coefficient (Wildman–Crippen LogP) is 2.94. The molecule has 138 valence electrons. The van der Waals surface area contributed by atoms with E-state index >= 15 is 0 Å². The number of ether oxygens (including phenoxy) is 1. The van der Waals surface area contributed by atoms with Crippen molar-refractivity contribution >= 4 is 33.4 Å². The maximum atomic E-state index is 12.2. The molecule has 0 aliphatic carbocycles. The Morgan fingerprint density at radius 2 is 1.96 bits per heavy atom. The molecule has 0 radical (unpaired) electrons. The highest BCUT2D eigenvalue weighted by atomic mass is 79.9. The van der Waals surface area contributed by atoms with Crippen molar-refractivity contribution in [3.63, 3.8) is 0 Å². The number of carbonyl (C=O) groups is 2. The number of primary amides is 1. The summed E-state index contributed by atoms with van der Waals surface area (Å²) in [5.41, 5.74) is 7.01. The van der Waals surface area contributed by atoms with E-state index in [4.69, 9.17) is 10.5 Å². The minimum Gasteiger partial charge on any atom is -0.497 e. The summed E-state index contributed by atoms with van der Waals surface area (Å²) in [4.78, 5) is 25.9. The van der Waals surface area contributed by atoms with Gasteiger partial charge in [-0.2, -0.15) is 0 Å². The van der Waals surface area contributed by atoms with Crippen molar-refractivity contribution < 1.29 is 14.3 Å². The van der Waals surface area contributed by atoms with Crippen LogP contribution in [0.1, 0.15) is 18.0 Å². The van der Waals surface area contributed by atoms with Crippen LogP contribution < -0.4 is 15.8 Å². The molecule has 0 aliphatic rings. The first-order chi connectivity index (χ1) is 12.4. The van der Waals surface area contributed by atoms with Crippen molar-refractivity contribution in [2.24, 2.45) is 5.73 Å². The molecule has 6 nitrogen and oxygen atoms in total. The monoisotopic (exact) mass is 419 g/mol. The summed E-state index contributed by atoms with van der Waals surface area (Å²) in [5, 5.41) is 2.82. The Balaban J connectivity index is 1.97. The maximum Gasteiger partial charge on any atom is 0.239 e. The molecule has 0 fully saturated rings. The highest BCUT2D eigenvalue weighted by Crippen LogP contribution is 2.23. The number of carbonyl (C=O) groups excluding carboxylic acids is 2. The average Bonchev–Trinajstić information content (AvgIpc) is 2.60. The molecule has 2 aromatic carbocycles. The summed E-state index contributed by atoms with van der Waals surface area (Å²) in [5.74, 6) is 0.0599. The number of likely N-dealkylation sites (N-methyl/N-ethyl adjacent to an activating group) is 1. The molecule has 7 heteroatoms. The molecular formula is C19H22BrN3O3. The average molecular weight is 420 g/mol. The van der Waals surface area contributed by atoms with Gasteiger partial charge in [0.05, 0.1) is 7.11 Å². The maximum absolute atomic E-state index is 12.2. The topological polar surface area (TPSA) is 84.7 Å². The van der Waals surface area contributed by atoms with Gasteiger partial charge in [-0.25, -0.2) is 0 Å². The second-order valence-corrected chi connectivity index (χ2v) is 6.79. The molecule has 2 aromatic rings. The van der Waals surface area contributed by atoms with Crippen molar-refractivity contribution in [2.45, 2.75) is 12.5 Å². The minimum absolute atomic E-state index is 0.150. The molecule has 0 aromatic heterocycles. The number of nitrogens with one attached hydrogen (secondary N) is 1. The summed E-state index contributed by atoms with van der Waals surface area (Å²) in [6.07, 6.45) is 0.228. The fourth-order valence-corrected chi connectivity index (χ4v) is 3.06. The van der Waals surface area contributed by atoms with Crippen molar-refractivity contribution in [1.82, 2.24) is 4.90 Å². The lowest BCUT2D eigenvalue weighted by Crippen LogP contribution is -2.37. The molecule has 0 saturated carbocycles. The highest BCUT2D eigenvalue weighted by Gasteiger charge is 2.23. The van der Waals surface area contributed by atoms with Gasteiger partial charge in [-0.3, -0.25) is 14.5 Å². The van der Waals surface area contributed by atoms with Gasteiger partial charge in [0.2, 0.25) is 11.8 Å². The van der Waals surface area contributed by atoms with Gasteiger partial charge in [0.1, 0.15) is 11.8 Å². The van der Waals surface area contributed by atoms with E-state index < -0.39 is 11.9 Å². The molecule has 0 spiro atoms. The smallest absolute Gasteiger partial charge is 0.239 e. The highest BCUT2D eigenvalue weighted by molar-refractivity contribution is 9.10. The van der Waals surface area contributed by atoms with E-state index in [1.54, 1.807) is 43.3 Å². The number of nitrogens with two attached hydrogens (primary N) is 1. The predicted molar refractivity (Wildman–Crippen MR) is 105 cm³/mol. The van der Waals surface area contributed by atoms with E-state index in [0.29, 0.717) is 18.0 Å². The Labute approximate surface area is 161 Å². The number of rotatable bonds is 8. The largest absolute Gasteiger partial charge is 0.497 e. The number of anilines is 1. The molecule has 3 N–H and O–H groups in total. The molecule has 0 unspecified atom stereocenters. The van der Waals surface area contributed by atoms with Gasteiger partial charge in [-0.05, 0) is 36.9 Å². The van der Waals surface area contributed by atoms with Crippen LogP contribution in [0.5, 0.6) is 5.75 Å². The summed E-state index contributed by atoms with van der Waals surface area (Å²) in [6, 6.07) is 14.0. The van der Waals surface area contributed by atoms with Crippen LogP contribution in [0.3, 0.4) is 0 Å². The van der Waals surface area contributed by atoms with E-state index in [0.717, 1.165) is 10.0 Å². The van der Waals surface area contributed by atoms with Crippen LogP contribution in [0.2, 0.25) is 0 Å². The lowest BCUT2D eigenvalue weighted by molar-refractivity contribution is -0.124. The van der Waals surface area contributed by atoms with Gasteiger partial charge >= 0.3 is 0 Å². The lowest BCUT2D eigenvalue weighted by atomic mass is 10.0. The standard InChI is InChI=1S/C19H22BrN3O3/c1-23(18(19(21)25)13-5-3-6-14(20)11-13)10-9-17(24)22-15-7-4-8-16(12-15)26-2/h3-8,11-12,18H,9-10H2,1-2H3,(H2,21,25)(H,22,24)/t18-/m0/s1. The van der Waals surface area contributed by atoms with Crippen LogP contribution in [0, 0.1) is 0 Å². The van der Waals surface area contributed by atoms with Gasteiger partial charge in [0.15, 0.2) is 0 Å². The van der Waals surface area contributed by atoms with Crippen LogP contribution in [0.25, 0.3) is 0 Å². The first-order valence-corrected chi connectivity index (χ1v) is 8.89. The molecule has 0 bridgehead atoms. The van der Waals surface area contributed by atoms with Crippen LogP contribution in [0.15, 0.2) is 53.0 Å². The molecule has 1 atom stereocenters. The fourth-order valence-electron chi connectivity index (χ4n) is 2.64. The number of hydrogen-bond donors (Lipinski definition) is 2. The molecule has 26 heavy (non-hydrogen) atoms. The summed E-state index contributed by atoms with van der Waals surface area (Å²) in [6.45, 7) is 0.385. The van der Waals surface area contributed by atoms with E-state index in [2.05, 4.69) is 21.2 Å². The number of methoxy groups -OCH3 is 1. The van der Waals surface area contributed by atoms with Gasteiger partial charge < -0.3 is 15.8 Å². The lowest BCUT2D eigenvalue weighted by Gasteiger charge is -2.25. The summed E-state index contributed by atoms with van der Waals surface area (Å²) in [7, 11) is 3.34. The Kier molecular flexibility index (Phi) is 7.17. The van der Waals surface area contributed by atoms with Crippen molar-refractivity contribution in [1.29, 1.82) is 0 Å². The van der Waals surface area contributed by atoms with E-state index in [-0.39, 0.29) is 12.3 Å². The van der Waals surface area contributed by atoms with Gasteiger partial charge in [-0.15, -0.1) is 0 Å². The zero-order valence-corrected chi connectivity index (χ0v) is 16.3. The Hall–Kier alpha value is -2.38. The normalized spacial score (nSPS) is 11.8. The zero-order valence-electron chi connectivity index (χ0n) is 14.7. The number of halogens is 1. The van der Waals surface area contributed by atoms with Crippen LogP contribution >= 0.6 is 15.9 Å². The number of nitrogens with zero attached hydrogens (tertiary/aromatic N) is 1. The third-order valence-corrected chi connectivity index (χ3v) is 4.41. The third-order valence-electron chi connectivity index (χ3n) is 3.92. The SMILES string of the molecule is COc1cccc(NC(=O)CCN(C)[C@H](C(N)=O)c2cccc(Br)c2)c1. The van der Waals surface area contributed by atoms with Gasteiger partial charge in [0, 0.05) is 29.2 Å². The molecule has 0 heterocycles. The number of hydrogen-bond acceptors (Lipinski definition) is 4. The van der Waals surface area contributed by atoms with Crippen LogP contribution in [-0.4, -0.2) is 37.4 Å². The van der Waals surface area contributed by atoms with Crippen molar-refractivity contribution in [2.75, 3.05) is 26.0 Å². The minimum atomic E-state index is -0.600. The Morgan fingerprint density at radius 3 is 2.62 bits per heavy atom. The fraction of sp³-hybridized carbons (Fsp3) is 0.263. The molecule has 0 saturated heterocycles. The van der Waals surface area contributed by atoms with E-state index in [9.17, 15) is 9.59 Å². The Morgan fingerprint density at radius 1 is 1.23 bits per heavy atom. The quantitative estimate of drug-likeness (QED) is 0.688. The number of benzene rings is 2. The number of amides is 2.